The van der Waals surface area contributed by atoms with Gasteiger partial charge in [0.1, 0.15) is 23.9 Å². The number of benzene rings is 2. The first kappa shape index (κ1) is 28.5. The van der Waals surface area contributed by atoms with Gasteiger partial charge in [-0.1, -0.05) is 45.6 Å². The SMILES string of the molecule is CC(C)CN(C(=O)c1c(F)cccc1F)c1cccc(N(C)Cc2cn(COCC[Si](C)(C)C)cn2)c1. The Balaban J connectivity index is 1.73. The average molecular weight is 529 g/mol. The summed E-state index contributed by atoms with van der Waals surface area (Å²) in [6.45, 7) is 13.0. The molecule has 37 heavy (non-hydrogen) atoms. The summed E-state index contributed by atoms with van der Waals surface area (Å²) in [7, 11) is 0.816. The second kappa shape index (κ2) is 12.5. The minimum absolute atomic E-state index is 0.0945. The summed E-state index contributed by atoms with van der Waals surface area (Å²) in [4.78, 5) is 21.2. The van der Waals surface area contributed by atoms with Crippen LogP contribution < -0.4 is 9.80 Å². The Hall–Kier alpha value is -3.04. The first-order chi connectivity index (χ1) is 17.4. The van der Waals surface area contributed by atoms with Crippen molar-refractivity contribution < 1.29 is 18.3 Å². The maximum absolute atomic E-state index is 14.4. The van der Waals surface area contributed by atoms with Crippen LogP contribution in [0.2, 0.25) is 25.7 Å². The summed E-state index contributed by atoms with van der Waals surface area (Å²) in [5.74, 6) is -2.34. The number of carbonyl (C=O) groups excluding carboxylic acids is 1. The highest BCUT2D eigenvalue weighted by Gasteiger charge is 2.25. The van der Waals surface area contributed by atoms with E-state index in [0.717, 1.165) is 36.2 Å². The van der Waals surface area contributed by atoms with Crippen LogP contribution in [0, 0.1) is 17.6 Å². The molecule has 0 spiro atoms. The van der Waals surface area contributed by atoms with Crippen LogP contribution in [0.5, 0.6) is 0 Å². The molecule has 0 saturated carbocycles. The molecule has 0 radical (unpaired) electrons. The molecular weight excluding hydrogens is 490 g/mol. The first-order valence-corrected chi connectivity index (χ1v) is 16.3. The molecule has 9 heteroatoms. The molecule has 3 rings (SSSR count). The van der Waals surface area contributed by atoms with E-state index in [1.54, 1.807) is 12.4 Å². The number of halogens is 2. The molecule has 0 N–H and O–H groups in total. The van der Waals surface area contributed by atoms with Crippen molar-refractivity contribution in [3.8, 4) is 0 Å². The largest absolute Gasteiger partial charge is 0.369 e. The molecule has 200 valence electrons. The Morgan fingerprint density at radius 3 is 2.38 bits per heavy atom. The van der Waals surface area contributed by atoms with Crippen molar-refractivity contribution in [3.63, 3.8) is 0 Å². The normalized spacial score (nSPS) is 11.7. The fraction of sp³-hybridized carbons (Fsp3) is 0.429. The van der Waals surface area contributed by atoms with Crippen molar-refractivity contribution >= 4 is 25.4 Å². The fourth-order valence-electron chi connectivity index (χ4n) is 3.85. The monoisotopic (exact) mass is 528 g/mol. The highest BCUT2D eigenvalue weighted by molar-refractivity contribution is 6.76. The summed E-state index contributed by atoms with van der Waals surface area (Å²) in [5, 5.41) is 0. The van der Waals surface area contributed by atoms with Crippen molar-refractivity contribution in [2.45, 2.75) is 52.8 Å². The number of nitrogens with zero attached hydrogens (tertiary/aromatic N) is 4. The lowest BCUT2D eigenvalue weighted by Crippen LogP contribution is -2.35. The molecular formula is C28H38F2N4O2Si. The van der Waals surface area contributed by atoms with Gasteiger partial charge in [-0.25, -0.2) is 13.8 Å². The van der Waals surface area contributed by atoms with Gasteiger partial charge in [0, 0.05) is 45.8 Å². The van der Waals surface area contributed by atoms with Crippen molar-refractivity contribution in [1.82, 2.24) is 9.55 Å². The number of imidazole rings is 1. The van der Waals surface area contributed by atoms with Crippen molar-refractivity contribution in [3.05, 3.63) is 77.9 Å². The Morgan fingerprint density at radius 2 is 1.73 bits per heavy atom. The van der Waals surface area contributed by atoms with Gasteiger partial charge in [-0.15, -0.1) is 0 Å². The van der Waals surface area contributed by atoms with Gasteiger partial charge in [0.25, 0.3) is 5.91 Å². The topological polar surface area (TPSA) is 50.6 Å². The number of amides is 1. The quantitative estimate of drug-likeness (QED) is 0.201. The molecule has 6 nitrogen and oxygen atoms in total. The van der Waals surface area contributed by atoms with Gasteiger partial charge in [0.15, 0.2) is 0 Å². The zero-order valence-electron chi connectivity index (χ0n) is 22.7. The number of carbonyl (C=O) groups is 1. The predicted molar refractivity (Wildman–Crippen MR) is 148 cm³/mol. The van der Waals surface area contributed by atoms with Gasteiger partial charge in [-0.3, -0.25) is 4.79 Å². The van der Waals surface area contributed by atoms with Crippen molar-refractivity contribution in [2.75, 3.05) is 30.0 Å². The van der Waals surface area contributed by atoms with Crippen molar-refractivity contribution in [1.29, 1.82) is 0 Å². The molecule has 0 saturated heterocycles. The number of aromatic nitrogens is 2. The van der Waals surface area contributed by atoms with Gasteiger partial charge in [-0.2, -0.15) is 0 Å². The lowest BCUT2D eigenvalue weighted by Gasteiger charge is -2.27. The zero-order valence-corrected chi connectivity index (χ0v) is 23.7. The molecule has 0 bridgehead atoms. The van der Waals surface area contributed by atoms with Gasteiger partial charge < -0.3 is 19.1 Å². The van der Waals surface area contributed by atoms with E-state index in [-0.39, 0.29) is 5.92 Å². The molecule has 1 amide bonds. The Morgan fingerprint density at radius 1 is 1.08 bits per heavy atom. The molecule has 3 aromatic rings. The van der Waals surface area contributed by atoms with Crippen molar-refractivity contribution in [2.24, 2.45) is 5.92 Å². The Bertz CT molecular complexity index is 1170. The van der Waals surface area contributed by atoms with Crippen LogP contribution in [0.4, 0.5) is 20.2 Å². The minimum atomic E-state index is -1.12. The maximum atomic E-state index is 14.4. The third-order valence-electron chi connectivity index (χ3n) is 5.87. The Labute approximate surface area is 219 Å². The molecule has 0 fully saturated rings. The lowest BCUT2D eigenvalue weighted by atomic mass is 10.1. The number of ether oxygens (including phenoxy) is 1. The third-order valence-corrected chi connectivity index (χ3v) is 7.58. The smallest absolute Gasteiger partial charge is 0.264 e. The fourth-order valence-corrected chi connectivity index (χ4v) is 4.60. The maximum Gasteiger partial charge on any atom is 0.264 e. The average Bonchev–Trinajstić information content (AvgIpc) is 3.26. The number of hydrogen-bond acceptors (Lipinski definition) is 4. The minimum Gasteiger partial charge on any atom is -0.369 e. The van der Waals surface area contributed by atoms with Gasteiger partial charge in [0.05, 0.1) is 18.6 Å². The molecule has 0 aliphatic rings. The highest BCUT2D eigenvalue weighted by atomic mass is 28.3. The summed E-state index contributed by atoms with van der Waals surface area (Å²) < 4.78 is 36.5. The van der Waals surface area contributed by atoms with E-state index >= 15 is 0 Å². The Kier molecular flexibility index (Phi) is 9.61. The summed E-state index contributed by atoms with van der Waals surface area (Å²) >= 11 is 0. The molecule has 1 heterocycles. The van der Waals surface area contributed by atoms with Gasteiger partial charge in [-0.05, 0) is 42.3 Å². The number of hydrogen-bond donors (Lipinski definition) is 0. The highest BCUT2D eigenvalue weighted by Crippen LogP contribution is 2.26. The van der Waals surface area contributed by atoms with E-state index in [0.29, 0.717) is 25.5 Å². The predicted octanol–water partition coefficient (Wildman–Crippen LogP) is 6.41. The standard InChI is InChI=1S/C28H38F2N4O2Si/c1-21(2)16-34(28(35)27-25(29)11-8-12-26(27)30)24-10-7-9-23(15-24)32(3)17-22-18-33(19-31-22)20-36-13-14-37(4,5)6/h7-12,15,18-19,21H,13-14,16-17,20H2,1-6H3. The van der Waals surface area contributed by atoms with E-state index in [4.69, 9.17) is 4.74 Å². The summed E-state index contributed by atoms with van der Waals surface area (Å²) in [6, 6.07) is 12.0. The second-order valence-electron chi connectivity index (χ2n) is 11.0. The van der Waals surface area contributed by atoms with E-state index in [1.165, 1.54) is 11.0 Å². The van der Waals surface area contributed by atoms with Crippen LogP contribution in [0.25, 0.3) is 0 Å². The first-order valence-electron chi connectivity index (χ1n) is 12.6. The molecule has 2 aromatic carbocycles. The molecule has 1 aromatic heterocycles. The zero-order chi connectivity index (χ0) is 27.2. The van der Waals surface area contributed by atoms with E-state index in [2.05, 4.69) is 24.6 Å². The number of rotatable bonds is 12. The summed E-state index contributed by atoms with van der Waals surface area (Å²) in [5.41, 5.74) is 1.77. The summed E-state index contributed by atoms with van der Waals surface area (Å²) in [6.07, 6.45) is 3.73. The van der Waals surface area contributed by atoms with E-state index < -0.39 is 31.2 Å². The van der Waals surface area contributed by atoms with Crippen LogP contribution >= 0.6 is 0 Å². The van der Waals surface area contributed by atoms with Gasteiger partial charge in [0.2, 0.25) is 0 Å². The third kappa shape index (κ3) is 8.23. The number of anilines is 2. The van der Waals surface area contributed by atoms with Crippen LogP contribution in [0.15, 0.2) is 55.0 Å². The van der Waals surface area contributed by atoms with Crippen LogP contribution in [0.3, 0.4) is 0 Å². The van der Waals surface area contributed by atoms with E-state index in [1.807, 2.05) is 54.8 Å². The lowest BCUT2D eigenvalue weighted by molar-refractivity contribution is 0.0871. The molecule has 0 unspecified atom stereocenters. The van der Waals surface area contributed by atoms with Crippen LogP contribution in [0.1, 0.15) is 29.9 Å². The second-order valence-corrected chi connectivity index (χ2v) is 16.6. The molecule has 0 aliphatic carbocycles. The van der Waals surface area contributed by atoms with Gasteiger partial charge >= 0.3 is 0 Å². The van der Waals surface area contributed by atoms with Crippen LogP contribution in [-0.4, -0.2) is 43.7 Å². The van der Waals surface area contributed by atoms with Crippen LogP contribution in [-0.2, 0) is 18.0 Å². The molecule has 0 atom stereocenters. The van der Waals surface area contributed by atoms with E-state index in [9.17, 15) is 13.6 Å². The molecule has 0 aliphatic heterocycles.